The molecule has 1 amide bonds. The van der Waals surface area contributed by atoms with Crippen molar-refractivity contribution in [1.29, 1.82) is 0 Å². The third-order valence-electron chi connectivity index (χ3n) is 3.74. The Morgan fingerprint density at radius 1 is 1.45 bits per heavy atom. The van der Waals surface area contributed by atoms with Crippen LogP contribution in [0.1, 0.15) is 28.5 Å². The van der Waals surface area contributed by atoms with E-state index in [9.17, 15) is 4.79 Å². The lowest BCUT2D eigenvalue weighted by Gasteiger charge is -2.17. The minimum absolute atomic E-state index is 0.0476. The van der Waals surface area contributed by atoms with Crippen molar-refractivity contribution < 1.29 is 4.79 Å². The van der Waals surface area contributed by atoms with E-state index >= 15 is 0 Å². The predicted molar refractivity (Wildman–Crippen MR) is 82.4 cm³/mol. The molecule has 106 valence electrons. The second kappa shape index (κ2) is 5.19. The van der Waals surface area contributed by atoms with Crippen molar-refractivity contribution in [3.05, 3.63) is 33.4 Å². The number of carbonyl (C=O) groups excluding carboxylic acids is 1. The molecule has 0 radical (unpaired) electrons. The predicted octanol–water partition coefficient (Wildman–Crippen LogP) is 1.62. The SMILES string of the molecule is Cc1cnn(C2CCN(C(=O)c3ccnn3C)C2)c1I. The molecule has 1 aliphatic heterocycles. The first-order valence-electron chi connectivity index (χ1n) is 6.55. The number of nitrogens with zero attached hydrogens (tertiary/aromatic N) is 5. The third kappa shape index (κ3) is 2.23. The smallest absolute Gasteiger partial charge is 0.272 e. The summed E-state index contributed by atoms with van der Waals surface area (Å²) in [5, 5.41) is 8.48. The summed E-state index contributed by atoms with van der Waals surface area (Å²) in [6.45, 7) is 3.53. The number of amides is 1. The third-order valence-corrected chi connectivity index (χ3v) is 5.08. The van der Waals surface area contributed by atoms with Crippen LogP contribution in [0.25, 0.3) is 0 Å². The van der Waals surface area contributed by atoms with Crippen molar-refractivity contribution in [3.63, 3.8) is 0 Å². The molecule has 1 fully saturated rings. The van der Waals surface area contributed by atoms with Crippen molar-refractivity contribution in [2.45, 2.75) is 19.4 Å². The Balaban J connectivity index is 1.76. The van der Waals surface area contributed by atoms with Gasteiger partial charge in [-0.25, -0.2) is 0 Å². The molecule has 2 aromatic heterocycles. The Labute approximate surface area is 130 Å². The lowest BCUT2D eigenvalue weighted by Crippen LogP contribution is -2.30. The minimum atomic E-state index is 0.0476. The topological polar surface area (TPSA) is 56.0 Å². The first-order valence-corrected chi connectivity index (χ1v) is 7.62. The fraction of sp³-hybridized carbons (Fsp3) is 0.462. The summed E-state index contributed by atoms with van der Waals surface area (Å²) >= 11 is 2.31. The van der Waals surface area contributed by atoms with Crippen molar-refractivity contribution >= 4 is 28.5 Å². The number of aryl methyl sites for hydroxylation is 2. The van der Waals surface area contributed by atoms with Gasteiger partial charge in [0.15, 0.2) is 0 Å². The molecule has 1 aliphatic rings. The molecule has 1 saturated heterocycles. The van der Waals surface area contributed by atoms with E-state index in [0.29, 0.717) is 12.2 Å². The van der Waals surface area contributed by atoms with Gasteiger partial charge in [-0.3, -0.25) is 14.2 Å². The van der Waals surface area contributed by atoms with Crippen LogP contribution in [0.2, 0.25) is 0 Å². The van der Waals surface area contributed by atoms with Crippen LogP contribution in [0.4, 0.5) is 0 Å². The summed E-state index contributed by atoms with van der Waals surface area (Å²) in [7, 11) is 1.79. The highest BCUT2D eigenvalue weighted by atomic mass is 127. The maximum Gasteiger partial charge on any atom is 0.272 e. The molecule has 1 atom stereocenters. The van der Waals surface area contributed by atoms with Crippen LogP contribution in [0.5, 0.6) is 0 Å². The second-order valence-electron chi connectivity index (χ2n) is 5.10. The van der Waals surface area contributed by atoms with Gasteiger partial charge >= 0.3 is 0 Å². The summed E-state index contributed by atoms with van der Waals surface area (Å²) in [6.07, 6.45) is 4.48. The Morgan fingerprint density at radius 2 is 2.25 bits per heavy atom. The van der Waals surface area contributed by atoms with E-state index in [1.165, 1.54) is 5.56 Å². The number of rotatable bonds is 2. The average molecular weight is 385 g/mol. The van der Waals surface area contributed by atoms with Gasteiger partial charge in [0.25, 0.3) is 5.91 Å². The molecule has 2 aromatic rings. The number of carbonyl (C=O) groups is 1. The summed E-state index contributed by atoms with van der Waals surface area (Å²) < 4.78 is 4.81. The van der Waals surface area contributed by atoms with Crippen LogP contribution in [0.15, 0.2) is 18.5 Å². The largest absolute Gasteiger partial charge is 0.335 e. The van der Waals surface area contributed by atoms with Crippen molar-refractivity contribution in [2.24, 2.45) is 7.05 Å². The standard InChI is InChI=1S/C13H16IN5O/c1-9-7-16-19(12(9)14)10-4-6-18(8-10)13(20)11-3-5-15-17(11)2/h3,5,7,10H,4,6,8H2,1-2H3. The monoisotopic (exact) mass is 385 g/mol. The van der Waals surface area contributed by atoms with E-state index in [4.69, 9.17) is 0 Å². The van der Waals surface area contributed by atoms with Gasteiger partial charge in [0.2, 0.25) is 0 Å². The van der Waals surface area contributed by atoms with Crippen LogP contribution in [-0.2, 0) is 7.05 Å². The van der Waals surface area contributed by atoms with E-state index in [1.54, 1.807) is 24.0 Å². The maximum absolute atomic E-state index is 12.4. The molecule has 1 unspecified atom stereocenters. The van der Waals surface area contributed by atoms with Crippen LogP contribution in [-0.4, -0.2) is 43.5 Å². The molecule has 0 aliphatic carbocycles. The highest BCUT2D eigenvalue weighted by Crippen LogP contribution is 2.25. The lowest BCUT2D eigenvalue weighted by molar-refractivity contribution is 0.0776. The van der Waals surface area contributed by atoms with E-state index in [1.807, 2.05) is 15.8 Å². The van der Waals surface area contributed by atoms with Gasteiger partial charge < -0.3 is 4.90 Å². The molecule has 0 spiro atoms. The molecule has 3 rings (SSSR count). The second-order valence-corrected chi connectivity index (χ2v) is 6.12. The van der Waals surface area contributed by atoms with E-state index in [0.717, 1.165) is 16.7 Å². The molecule has 0 N–H and O–H groups in total. The number of aromatic nitrogens is 4. The van der Waals surface area contributed by atoms with Crippen molar-refractivity contribution in [2.75, 3.05) is 13.1 Å². The number of halogens is 1. The number of likely N-dealkylation sites (tertiary alicyclic amines) is 1. The van der Waals surface area contributed by atoms with Crippen LogP contribution >= 0.6 is 22.6 Å². The zero-order chi connectivity index (χ0) is 14.3. The van der Waals surface area contributed by atoms with Gasteiger partial charge in [-0.2, -0.15) is 10.2 Å². The van der Waals surface area contributed by atoms with Crippen LogP contribution < -0.4 is 0 Å². The van der Waals surface area contributed by atoms with E-state index < -0.39 is 0 Å². The Morgan fingerprint density at radius 3 is 2.85 bits per heavy atom. The fourth-order valence-corrected chi connectivity index (χ4v) is 3.22. The van der Waals surface area contributed by atoms with Crippen molar-refractivity contribution in [1.82, 2.24) is 24.5 Å². The van der Waals surface area contributed by atoms with Gasteiger partial charge in [0.05, 0.1) is 12.2 Å². The van der Waals surface area contributed by atoms with E-state index in [2.05, 4.69) is 39.7 Å². The zero-order valence-electron chi connectivity index (χ0n) is 11.5. The molecule has 7 heteroatoms. The van der Waals surface area contributed by atoms with Gasteiger partial charge in [-0.15, -0.1) is 0 Å². The maximum atomic E-state index is 12.4. The van der Waals surface area contributed by atoms with Crippen molar-refractivity contribution in [3.8, 4) is 0 Å². The first kappa shape index (κ1) is 13.6. The summed E-state index contributed by atoms with van der Waals surface area (Å²) in [5.74, 6) is 0.0476. The van der Waals surface area contributed by atoms with Gasteiger partial charge in [-0.05, 0) is 42.0 Å². The minimum Gasteiger partial charge on any atom is -0.335 e. The summed E-state index contributed by atoms with van der Waals surface area (Å²) in [5.41, 5.74) is 1.82. The summed E-state index contributed by atoms with van der Waals surface area (Å²) in [6, 6.07) is 2.03. The molecule has 0 bridgehead atoms. The molecular weight excluding hydrogens is 369 g/mol. The molecule has 6 nitrogen and oxygen atoms in total. The Hall–Kier alpha value is -1.38. The Bertz CT molecular complexity index is 647. The molecule has 0 aromatic carbocycles. The average Bonchev–Trinajstić information content (AvgIpc) is 3.12. The van der Waals surface area contributed by atoms with Crippen LogP contribution in [0, 0.1) is 10.6 Å². The molecular formula is C13H16IN5O. The first-order chi connectivity index (χ1) is 9.58. The molecule has 3 heterocycles. The van der Waals surface area contributed by atoms with E-state index in [-0.39, 0.29) is 11.9 Å². The number of hydrogen-bond acceptors (Lipinski definition) is 3. The van der Waals surface area contributed by atoms with Gasteiger partial charge in [-0.1, -0.05) is 0 Å². The highest BCUT2D eigenvalue weighted by molar-refractivity contribution is 14.1. The fourth-order valence-electron chi connectivity index (χ4n) is 2.56. The van der Waals surface area contributed by atoms with Gasteiger partial charge in [0.1, 0.15) is 9.39 Å². The zero-order valence-corrected chi connectivity index (χ0v) is 13.6. The quantitative estimate of drug-likeness (QED) is 0.739. The molecule has 20 heavy (non-hydrogen) atoms. The Kier molecular flexibility index (Phi) is 3.53. The number of hydrogen-bond donors (Lipinski definition) is 0. The summed E-state index contributed by atoms with van der Waals surface area (Å²) in [4.78, 5) is 14.3. The normalized spacial score (nSPS) is 18.8. The highest BCUT2D eigenvalue weighted by Gasteiger charge is 2.30. The molecule has 0 saturated carbocycles. The van der Waals surface area contributed by atoms with Gasteiger partial charge in [0, 0.05) is 31.9 Å². The lowest BCUT2D eigenvalue weighted by atomic mass is 10.3. The van der Waals surface area contributed by atoms with Crippen LogP contribution in [0.3, 0.4) is 0 Å².